The molecule has 4 heteroatoms. The van der Waals surface area contributed by atoms with Gasteiger partial charge in [-0.25, -0.2) is 9.97 Å². The van der Waals surface area contributed by atoms with Crippen molar-refractivity contribution in [3.8, 4) is 17.1 Å². The van der Waals surface area contributed by atoms with Gasteiger partial charge in [0.25, 0.3) is 0 Å². The monoisotopic (exact) mass is 596 g/mol. The summed E-state index contributed by atoms with van der Waals surface area (Å²) in [5, 5.41) is 0. The summed E-state index contributed by atoms with van der Waals surface area (Å²) < 4.78 is 4.40. The molecule has 6 rings (SSSR count). The first kappa shape index (κ1) is 34.5. The number of hydrogen-bond donors (Lipinski definition) is 0. The van der Waals surface area contributed by atoms with Gasteiger partial charge in [-0.2, -0.15) is 0 Å². The zero-order valence-electron chi connectivity index (χ0n) is 27.9. The lowest BCUT2D eigenvalue weighted by Gasteiger charge is -2.10. The first-order valence-electron chi connectivity index (χ1n) is 16.2. The Hall–Kier alpha value is -4.96. The Balaban J connectivity index is 0.000000227. The smallest absolute Gasteiger partial charge is 0.145 e. The minimum Gasteiger partial charge on any atom is -0.300 e. The van der Waals surface area contributed by atoms with E-state index in [1.165, 1.54) is 5.56 Å². The number of para-hydroxylation sites is 5. The van der Waals surface area contributed by atoms with Crippen molar-refractivity contribution in [3.05, 3.63) is 146 Å². The number of nitrogens with zero attached hydrogens (tertiary/aromatic N) is 4. The maximum atomic E-state index is 4.90. The van der Waals surface area contributed by atoms with Crippen LogP contribution in [0.2, 0.25) is 0 Å². The van der Waals surface area contributed by atoms with Crippen LogP contribution in [0.4, 0.5) is 0 Å². The Morgan fingerprint density at radius 3 is 1.98 bits per heavy atom. The summed E-state index contributed by atoms with van der Waals surface area (Å²) in [5.41, 5.74) is 8.98. The van der Waals surface area contributed by atoms with Crippen LogP contribution in [0.25, 0.3) is 44.8 Å². The molecule has 45 heavy (non-hydrogen) atoms. The van der Waals surface area contributed by atoms with Gasteiger partial charge in [-0.3, -0.25) is 4.57 Å². The Labute approximate surface area is 270 Å². The van der Waals surface area contributed by atoms with Gasteiger partial charge < -0.3 is 4.57 Å². The third-order valence-corrected chi connectivity index (χ3v) is 7.06. The first-order chi connectivity index (χ1) is 22.1. The quantitative estimate of drug-likeness (QED) is 0.164. The molecule has 4 aromatic carbocycles. The molecule has 0 saturated heterocycles. The molecule has 0 bridgehead atoms. The van der Waals surface area contributed by atoms with Crippen molar-refractivity contribution in [1.29, 1.82) is 0 Å². The summed E-state index contributed by atoms with van der Waals surface area (Å²) in [5.74, 6) is 2.06. The highest BCUT2D eigenvalue weighted by atomic mass is 15.1. The van der Waals surface area contributed by atoms with Crippen LogP contribution in [0.3, 0.4) is 0 Å². The van der Waals surface area contributed by atoms with Crippen molar-refractivity contribution >= 4 is 27.8 Å². The number of allylic oxidation sites excluding steroid dienone is 4. The van der Waals surface area contributed by atoms with Crippen LogP contribution in [0.5, 0.6) is 0 Å². The second-order valence-corrected chi connectivity index (χ2v) is 9.79. The highest BCUT2D eigenvalue weighted by Gasteiger charge is 2.14. The average molecular weight is 597 g/mol. The number of benzene rings is 4. The Bertz CT molecular complexity index is 1820. The highest BCUT2D eigenvalue weighted by molar-refractivity contribution is 5.83. The molecular formula is C41H48N4. The van der Waals surface area contributed by atoms with E-state index in [-0.39, 0.29) is 0 Å². The maximum absolute atomic E-state index is 4.90. The van der Waals surface area contributed by atoms with Crippen LogP contribution in [-0.2, 0) is 12.8 Å². The van der Waals surface area contributed by atoms with Crippen molar-refractivity contribution in [2.45, 2.75) is 60.8 Å². The molecule has 0 N–H and O–H groups in total. The van der Waals surface area contributed by atoms with Crippen molar-refractivity contribution in [2.75, 3.05) is 0 Å². The van der Waals surface area contributed by atoms with Crippen molar-refractivity contribution in [1.82, 2.24) is 19.1 Å². The van der Waals surface area contributed by atoms with E-state index >= 15 is 0 Å². The molecule has 4 nitrogen and oxygen atoms in total. The van der Waals surface area contributed by atoms with E-state index in [2.05, 4.69) is 120 Å². The molecule has 0 unspecified atom stereocenters. The predicted octanol–water partition coefficient (Wildman–Crippen LogP) is 11.5. The SMILES string of the molecule is C=C/C=C\CC(=C)n1c(CC)nc2ccccc21.CC.CC.CCc1cccc(-c2nc3ccccc3n2-c2ccccc2)c1. The lowest BCUT2D eigenvalue weighted by Crippen LogP contribution is -2.00. The molecular weight excluding hydrogens is 548 g/mol. The molecule has 0 amide bonds. The second kappa shape index (κ2) is 18.0. The number of aromatic nitrogens is 4. The van der Waals surface area contributed by atoms with Gasteiger partial charge in [-0.1, -0.05) is 134 Å². The van der Waals surface area contributed by atoms with Gasteiger partial charge >= 0.3 is 0 Å². The fourth-order valence-corrected chi connectivity index (χ4v) is 5.05. The van der Waals surface area contributed by atoms with Gasteiger partial charge in [0, 0.05) is 29.8 Å². The normalized spacial score (nSPS) is 10.4. The summed E-state index contributed by atoms with van der Waals surface area (Å²) in [6.45, 7) is 20.1. The summed E-state index contributed by atoms with van der Waals surface area (Å²) in [6.07, 6.45) is 8.51. The Morgan fingerprint density at radius 2 is 1.33 bits per heavy atom. The fourth-order valence-electron chi connectivity index (χ4n) is 5.05. The molecule has 0 radical (unpaired) electrons. The summed E-state index contributed by atoms with van der Waals surface area (Å²) in [6, 6.07) is 35.6. The van der Waals surface area contributed by atoms with Gasteiger partial charge in [-0.05, 0) is 54.4 Å². The minimum absolute atomic E-state index is 0.805. The Morgan fingerprint density at radius 1 is 0.711 bits per heavy atom. The molecule has 232 valence electrons. The average Bonchev–Trinajstić information content (AvgIpc) is 3.70. The van der Waals surface area contributed by atoms with Gasteiger partial charge in [-0.15, -0.1) is 0 Å². The molecule has 0 spiro atoms. The van der Waals surface area contributed by atoms with Crippen LogP contribution in [-0.4, -0.2) is 19.1 Å². The molecule has 0 aliphatic heterocycles. The number of rotatable bonds is 8. The van der Waals surface area contributed by atoms with E-state index < -0.39 is 0 Å². The second-order valence-electron chi connectivity index (χ2n) is 9.79. The van der Waals surface area contributed by atoms with E-state index in [1.54, 1.807) is 6.08 Å². The third kappa shape index (κ3) is 8.36. The van der Waals surface area contributed by atoms with Crippen LogP contribution < -0.4 is 0 Å². The topological polar surface area (TPSA) is 35.6 Å². The van der Waals surface area contributed by atoms with Crippen LogP contribution in [0.15, 0.2) is 135 Å². The number of imidazole rings is 2. The first-order valence-corrected chi connectivity index (χ1v) is 16.2. The maximum Gasteiger partial charge on any atom is 0.145 e. The minimum atomic E-state index is 0.805. The zero-order chi connectivity index (χ0) is 32.6. The van der Waals surface area contributed by atoms with Crippen molar-refractivity contribution in [3.63, 3.8) is 0 Å². The molecule has 6 aromatic rings. The lowest BCUT2D eigenvalue weighted by molar-refractivity contribution is 0.908. The number of hydrogen-bond acceptors (Lipinski definition) is 2. The lowest BCUT2D eigenvalue weighted by atomic mass is 10.1. The van der Waals surface area contributed by atoms with Gasteiger partial charge in [0.1, 0.15) is 11.6 Å². The molecule has 0 aliphatic carbocycles. The van der Waals surface area contributed by atoms with Crippen LogP contribution >= 0.6 is 0 Å². The van der Waals surface area contributed by atoms with E-state index in [0.29, 0.717) is 0 Å². The van der Waals surface area contributed by atoms with Crippen molar-refractivity contribution in [2.24, 2.45) is 0 Å². The van der Waals surface area contributed by atoms with Gasteiger partial charge in [0.05, 0.1) is 22.1 Å². The molecule has 2 heterocycles. The number of aryl methyl sites for hydroxylation is 2. The van der Waals surface area contributed by atoms with Gasteiger partial charge in [0.15, 0.2) is 0 Å². The summed E-state index contributed by atoms with van der Waals surface area (Å²) >= 11 is 0. The van der Waals surface area contributed by atoms with E-state index in [9.17, 15) is 0 Å². The number of fused-ring (bicyclic) bond motifs is 2. The van der Waals surface area contributed by atoms with E-state index in [4.69, 9.17) is 4.98 Å². The zero-order valence-corrected chi connectivity index (χ0v) is 27.9. The molecule has 0 aliphatic rings. The molecule has 0 saturated carbocycles. The Kier molecular flexibility index (Phi) is 13.8. The molecule has 0 fully saturated rings. The van der Waals surface area contributed by atoms with Gasteiger partial charge in [0.2, 0.25) is 0 Å². The van der Waals surface area contributed by atoms with Crippen LogP contribution in [0.1, 0.15) is 59.4 Å². The molecule has 2 aromatic heterocycles. The van der Waals surface area contributed by atoms with Crippen LogP contribution in [0, 0.1) is 0 Å². The summed E-state index contributed by atoms with van der Waals surface area (Å²) in [4.78, 5) is 9.54. The van der Waals surface area contributed by atoms with E-state index in [0.717, 1.165) is 69.9 Å². The fraction of sp³-hybridized carbons (Fsp3) is 0.220. The van der Waals surface area contributed by atoms with Crippen molar-refractivity contribution < 1.29 is 0 Å². The predicted molar refractivity (Wildman–Crippen MR) is 197 cm³/mol. The largest absolute Gasteiger partial charge is 0.300 e. The summed E-state index contributed by atoms with van der Waals surface area (Å²) in [7, 11) is 0. The highest BCUT2D eigenvalue weighted by Crippen LogP contribution is 2.29. The van der Waals surface area contributed by atoms with E-state index in [1.807, 2.05) is 64.1 Å². The molecule has 0 atom stereocenters. The third-order valence-electron chi connectivity index (χ3n) is 7.06. The standard InChI is InChI=1S/C21H18N2.C16H18N2.2C2H6/c1-2-16-9-8-10-17(15-16)21-22-19-13-6-7-14-20(19)23(21)18-11-4-3-5-12-18;1-4-6-7-10-13(3)18-15-12-9-8-11-14(15)17-16(18)5-2;2*1-2/h3-15H,2H2,1H3;4,6-9,11-12H,1,3,5,10H2,2H3;2*1-2H3/b;7-6-;;.